The van der Waals surface area contributed by atoms with E-state index in [9.17, 15) is 4.79 Å². The molecule has 0 spiro atoms. The number of esters is 1. The second kappa shape index (κ2) is 5.24. The number of ether oxygens (including phenoxy) is 4. The molecule has 1 saturated heterocycles. The first-order chi connectivity index (χ1) is 11.8. The van der Waals surface area contributed by atoms with Crippen LogP contribution < -0.4 is 0 Å². The molecule has 4 atom stereocenters. The van der Waals surface area contributed by atoms with E-state index in [0.29, 0.717) is 6.61 Å². The van der Waals surface area contributed by atoms with E-state index in [2.05, 4.69) is 11.2 Å². The molecule has 1 aromatic rings. The van der Waals surface area contributed by atoms with Gasteiger partial charge in [0.2, 0.25) is 5.76 Å². The number of carbonyl (C=O) groups excluding carboxylic acids is 1. The van der Waals surface area contributed by atoms with Gasteiger partial charge in [0.25, 0.3) is 0 Å². The maximum absolute atomic E-state index is 12.4. The van der Waals surface area contributed by atoms with Crippen LogP contribution >= 0.6 is 0 Å². The van der Waals surface area contributed by atoms with Crippen molar-refractivity contribution in [1.29, 1.82) is 0 Å². The number of carbonyl (C=O) groups is 1. The fraction of sp³-hybridized carbons (Fsp3) is 0.412. The highest BCUT2D eigenvalue weighted by atomic mass is 16.7. The van der Waals surface area contributed by atoms with Crippen LogP contribution in [0.1, 0.15) is 17.0 Å². The molecule has 3 heterocycles. The van der Waals surface area contributed by atoms with Crippen LogP contribution in [0.2, 0.25) is 0 Å². The Morgan fingerprint density at radius 1 is 1.25 bits per heavy atom. The minimum Gasteiger partial charge on any atom is -0.500 e. The number of rotatable bonds is 2. The van der Waals surface area contributed by atoms with E-state index in [0.717, 1.165) is 23.3 Å². The Morgan fingerprint density at radius 2 is 2.21 bits per heavy atom. The topological polar surface area (TPSA) is 80.0 Å². The molecule has 7 nitrogen and oxygen atoms in total. The van der Waals surface area contributed by atoms with Crippen LogP contribution in [0.4, 0.5) is 0 Å². The summed E-state index contributed by atoms with van der Waals surface area (Å²) in [6.45, 7) is 0.775. The minimum absolute atomic E-state index is 0.0166. The van der Waals surface area contributed by atoms with Crippen molar-refractivity contribution in [2.75, 3.05) is 13.4 Å². The van der Waals surface area contributed by atoms with Gasteiger partial charge in [-0.1, -0.05) is 11.2 Å². The number of hydrogen-bond donors (Lipinski definition) is 0. The molecule has 0 aromatic carbocycles. The van der Waals surface area contributed by atoms with Gasteiger partial charge in [-0.3, -0.25) is 0 Å². The normalized spacial score (nSPS) is 33.1. The van der Waals surface area contributed by atoms with Crippen molar-refractivity contribution in [2.45, 2.75) is 18.6 Å². The minimum atomic E-state index is -0.511. The molecule has 2 aliphatic heterocycles. The van der Waals surface area contributed by atoms with Crippen LogP contribution in [0, 0.1) is 11.8 Å². The van der Waals surface area contributed by atoms with E-state index >= 15 is 0 Å². The van der Waals surface area contributed by atoms with Crippen molar-refractivity contribution in [3.8, 4) is 0 Å². The van der Waals surface area contributed by atoms with Crippen LogP contribution in [0.5, 0.6) is 0 Å². The summed E-state index contributed by atoms with van der Waals surface area (Å²) in [6, 6.07) is 1.50. The van der Waals surface area contributed by atoms with Crippen LogP contribution in [0.3, 0.4) is 0 Å². The summed E-state index contributed by atoms with van der Waals surface area (Å²) in [6.07, 6.45) is 7.56. The van der Waals surface area contributed by atoms with Crippen LogP contribution in [-0.2, 0) is 18.9 Å². The first-order valence-electron chi connectivity index (χ1n) is 7.90. The molecule has 4 unspecified atom stereocenters. The summed E-state index contributed by atoms with van der Waals surface area (Å²) in [7, 11) is 0. The Hall–Kier alpha value is -2.54. The summed E-state index contributed by atoms with van der Waals surface area (Å²) < 4.78 is 27.3. The molecular weight excluding hydrogens is 314 g/mol. The highest BCUT2D eigenvalue weighted by molar-refractivity contribution is 5.86. The van der Waals surface area contributed by atoms with E-state index in [1.165, 1.54) is 12.3 Å². The van der Waals surface area contributed by atoms with Crippen molar-refractivity contribution in [3.63, 3.8) is 0 Å². The van der Waals surface area contributed by atoms with E-state index < -0.39 is 5.97 Å². The Kier molecular flexibility index (Phi) is 3.02. The molecule has 1 fully saturated rings. The lowest BCUT2D eigenvalue weighted by Gasteiger charge is -2.38. The molecule has 0 amide bonds. The number of nitrogens with zero attached hydrogens (tertiary/aromatic N) is 1. The number of hydrogen-bond acceptors (Lipinski definition) is 7. The Labute approximate surface area is 137 Å². The Morgan fingerprint density at radius 3 is 3.08 bits per heavy atom. The van der Waals surface area contributed by atoms with Crippen molar-refractivity contribution < 1.29 is 28.3 Å². The SMILES string of the molecule is O=C(OC1C2COC=C2C=C2C=C3OCOC3CC21)c1ccno1. The summed E-state index contributed by atoms with van der Waals surface area (Å²) in [5.74, 6) is 0.487. The second-order valence-corrected chi connectivity index (χ2v) is 6.26. The first kappa shape index (κ1) is 13.9. The summed E-state index contributed by atoms with van der Waals surface area (Å²) in [4.78, 5) is 12.4. The lowest BCUT2D eigenvalue weighted by atomic mass is 9.72. The molecule has 7 heteroatoms. The third kappa shape index (κ3) is 2.08. The number of aromatic nitrogens is 1. The van der Waals surface area contributed by atoms with Gasteiger partial charge in [0.1, 0.15) is 18.0 Å². The highest BCUT2D eigenvalue weighted by Gasteiger charge is 2.46. The third-order valence-corrected chi connectivity index (χ3v) is 4.95. The molecule has 5 rings (SSSR count). The van der Waals surface area contributed by atoms with Gasteiger partial charge in [0.05, 0.1) is 25.0 Å². The maximum atomic E-state index is 12.4. The molecule has 0 saturated carbocycles. The van der Waals surface area contributed by atoms with Crippen LogP contribution in [-0.4, -0.2) is 36.7 Å². The first-order valence-corrected chi connectivity index (χ1v) is 7.90. The predicted octanol–water partition coefficient (Wildman–Crippen LogP) is 1.95. The fourth-order valence-electron chi connectivity index (χ4n) is 3.79. The number of fused-ring (bicyclic) bond motifs is 3. The fourth-order valence-corrected chi connectivity index (χ4v) is 3.79. The summed E-state index contributed by atoms with van der Waals surface area (Å²) in [5.41, 5.74) is 2.11. The molecule has 1 aromatic heterocycles. The maximum Gasteiger partial charge on any atom is 0.377 e. The summed E-state index contributed by atoms with van der Waals surface area (Å²) in [5, 5.41) is 3.56. The second-order valence-electron chi connectivity index (χ2n) is 6.26. The van der Waals surface area contributed by atoms with Crippen molar-refractivity contribution in [3.05, 3.63) is 53.3 Å². The molecule has 0 N–H and O–H groups in total. The zero-order valence-electron chi connectivity index (χ0n) is 12.7. The zero-order chi connectivity index (χ0) is 16.1. The lowest BCUT2D eigenvalue weighted by molar-refractivity contribution is -0.0178. The van der Waals surface area contributed by atoms with Gasteiger partial charge in [-0.05, 0) is 23.6 Å². The standard InChI is InChI=1S/C17H15NO6/c19-17(13-1-2-18-24-13)23-16-11-5-15-14(21-8-22-15)4-9(11)3-10-6-20-7-12(10)16/h1-4,6,11-12,15-16H,5,7-8H2. The van der Waals surface area contributed by atoms with Crippen LogP contribution in [0.25, 0.3) is 0 Å². The van der Waals surface area contributed by atoms with Crippen LogP contribution in [0.15, 0.2) is 52.1 Å². The zero-order valence-corrected chi connectivity index (χ0v) is 12.7. The average molecular weight is 329 g/mol. The van der Waals surface area contributed by atoms with Crippen molar-refractivity contribution in [2.24, 2.45) is 11.8 Å². The highest BCUT2D eigenvalue weighted by Crippen LogP contribution is 2.45. The van der Waals surface area contributed by atoms with Gasteiger partial charge in [-0.15, -0.1) is 0 Å². The molecule has 4 aliphatic rings. The summed E-state index contributed by atoms with van der Waals surface area (Å²) >= 11 is 0. The Balaban J connectivity index is 1.48. The molecule has 0 radical (unpaired) electrons. The van der Waals surface area contributed by atoms with Gasteiger partial charge in [-0.2, -0.15) is 0 Å². The molecule has 0 bridgehead atoms. The van der Waals surface area contributed by atoms with E-state index in [-0.39, 0.29) is 36.6 Å². The van der Waals surface area contributed by atoms with Gasteiger partial charge in [0, 0.05) is 12.0 Å². The van der Waals surface area contributed by atoms with Crippen molar-refractivity contribution >= 4 is 5.97 Å². The molecule has 2 aliphatic carbocycles. The predicted molar refractivity (Wildman–Crippen MR) is 78.3 cm³/mol. The largest absolute Gasteiger partial charge is 0.500 e. The third-order valence-electron chi connectivity index (χ3n) is 4.95. The van der Waals surface area contributed by atoms with Gasteiger partial charge in [0.15, 0.2) is 6.79 Å². The van der Waals surface area contributed by atoms with E-state index in [4.69, 9.17) is 23.5 Å². The van der Waals surface area contributed by atoms with Gasteiger partial charge >= 0.3 is 5.97 Å². The molecule has 124 valence electrons. The Bertz CT molecular complexity index is 762. The van der Waals surface area contributed by atoms with Gasteiger partial charge < -0.3 is 23.5 Å². The smallest absolute Gasteiger partial charge is 0.377 e. The van der Waals surface area contributed by atoms with Gasteiger partial charge in [-0.25, -0.2) is 4.79 Å². The van der Waals surface area contributed by atoms with E-state index in [1.54, 1.807) is 6.26 Å². The molecule has 24 heavy (non-hydrogen) atoms. The van der Waals surface area contributed by atoms with E-state index in [1.807, 2.05) is 6.08 Å². The average Bonchev–Trinajstić information content (AvgIpc) is 3.32. The lowest BCUT2D eigenvalue weighted by Crippen LogP contribution is -2.42. The number of allylic oxidation sites excluding steroid dienone is 2. The van der Waals surface area contributed by atoms with Crippen molar-refractivity contribution in [1.82, 2.24) is 5.16 Å². The molecular formula is C17H15NO6. The quantitative estimate of drug-likeness (QED) is 0.767. The monoisotopic (exact) mass is 329 g/mol.